The summed E-state index contributed by atoms with van der Waals surface area (Å²) in [4.78, 5) is 13.3. The van der Waals surface area contributed by atoms with E-state index < -0.39 is 0 Å². The average Bonchev–Trinajstić information content (AvgIpc) is 3.23. The third kappa shape index (κ3) is 2.92. The number of Topliss-reactive ketones (excluding diaryl/α,β-unsaturated/α-hetero) is 1. The maximum atomic E-state index is 13.3. The van der Waals surface area contributed by atoms with Gasteiger partial charge in [0.2, 0.25) is 0 Å². The number of benzene rings is 1. The van der Waals surface area contributed by atoms with Crippen LogP contribution in [0.15, 0.2) is 52.6 Å². The van der Waals surface area contributed by atoms with E-state index in [2.05, 4.69) is 56.4 Å². The second kappa shape index (κ2) is 6.46. The van der Waals surface area contributed by atoms with Crippen molar-refractivity contribution >= 4 is 11.6 Å². The number of aryl methyl sites for hydroxylation is 3. The summed E-state index contributed by atoms with van der Waals surface area (Å²) >= 11 is 0. The smallest absolute Gasteiger partial charge is 0.143 e. The lowest BCUT2D eigenvalue weighted by Gasteiger charge is -2.39. The van der Waals surface area contributed by atoms with Crippen molar-refractivity contribution in [2.24, 2.45) is 11.3 Å². The summed E-state index contributed by atoms with van der Waals surface area (Å²) in [6, 6.07) is 12.3. The Morgan fingerprint density at radius 3 is 2.47 bits per heavy atom. The largest absolute Gasteiger partial charge is 0.466 e. The Kier molecular flexibility index (Phi) is 4.07. The van der Waals surface area contributed by atoms with Crippen LogP contribution in [0.5, 0.6) is 0 Å². The van der Waals surface area contributed by atoms with Gasteiger partial charge in [0.15, 0.2) is 0 Å². The lowest BCUT2D eigenvalue weighted by atomic mass is 9.68. The van der Waals surface area contributed by atoms with E-state index in [1.54, 1.807) is 0 Å². The van der Waals surface area contributed by atoms with Crippen molar-refractivity contribution in [1.82, 2.24) is 9.78 Å². The zero-order valence-corrected chi connectivity index (χ0v) is 18.1. The Morgan fingerprint density at radius 1 is 1.07 bits per heavy atom. The third-order valence-corrected chi connectivity index (χ3v) is 6.22. The van der Waals surface area contributed by atoms with Gasteiger partial charge in [-0.1, -0.05) is 37.6 Å². The lowest BCUT2D eigenvalue weighted by Crippen LogP contribution is -2.39. The molecule has 0 saturated carbocycles. The molecule has 0 unspecified atom stereocenters. The average molecular weight is 402 g/mol. The minimum absolute atomic E-state index is 0.177. The highest BCUT2D eigenvalue weighted by Crippen LogP contribution is 2.51. The Morgan fingerprint density at radius 2 is 1.80 bits per heavy atom. The second-order valence-electron chi connectivity index (χ2n) is 9.36. The molecule has 2 aliphatic rings. The van der Waals surface area contributed by atoms with Crippen molar-refractivity contribution < 1.29 is 9.21 Å². The van der Waals surface area contributed by atoms with Gasteiger partial charge in [0.05, 0.1) is 23.2 Å². The van der Waals surface area contributed by atoms with E-state index >= 15 is 0 Å². The molecule has 1 aromatic carbocycles. The predicted octanol–water partition coefficient (Wildman–Crippen LogP) is 5.45. The van der Waals surface area contributed by atoms with Gasteiger partial charge < -0.3 is 9.73 Å². The van der Waals surface area contributed by atoms with Crippen LogP contribution in [0.25, 0.3) is 5.69 Å². The van der Waals surface area contributed by atoms with Gasteiger partial charge in [0, 0.05) is 17.7 Å². The summed E-state index contributed by atoms with van der Waals surface area (Å²) in [7, 11) is 0. The summed E-state index contributed by atoms with van der Waals surface area (Å²) in [6.45, 7) is 10.3. The van der Waals surface area contributed by atoms with Gasteiger partial charge in [-0.3, -0.25) is 4.79 Å². The molecule has 0 bridgehead atoms. The fourth-order valence-electron chi connectivity index (χ4n) is 4.91. The van der Waals surface area contributed by atoms with Gasteiger partial charge in [-0.15, -0.1) is 0 Å². The van der Waals surface area contributed by atoms with Crippen molar-refractivity contribution in [3.8, 4) is 5.69 Å². The molecule has 2 aromatic heterocycles. The van der Waals surface area contributed by atoms with Crippen LogP contribution in [0.2, 0.25) is 0 Å². The van der Waals surface area contributed by atoms with Crippen LogP contribution in [0.1, 0.15) is 54.5 Å². The molecule has 3 heterocycles. The molecular formula is C25H27N3O2. The van der Waals surface area contributed by atoms with E-state index in [4.69, 9.17) is 9.52 Å². The van der Waals surface area contributed by atoms with Crippen molar-refractivity contribution in [2.45, 2.75) is 47.0 Å². The number of nitrogens with one attached hydrogen (secondary N) is 1. The molecule has 0 radical (unpaired) electrons. The second-order valence-corrected chi connectivity index (χ2v) is 9.36. The Bertz CT molecular complexity index is 1180. The van der Waals surface area contributed by atoms with E-state index in [0.717, 1.165) is 40.0 Å². The van der Waals surface area contributed by atoms with Gasteiger partial charge >= 0.3 is 0 Å². The van der Waals surface area contributed by atoms with Crippen molar-refractivity contribution in [2.75, 3.05) is 5.32 Å². The van der Waals surface area contributed by atoms with Crippen LogP contribution in [0, 0.1) is 32.1 Å². The van der Waals surface area contributed by atoms with Crippen LogP contribution in [0.4, 0.5) is 5.82 Å². The first-order chi connectivity index (χ1) is 14.2. The number of carbonyl (C=O) groups is 1. The van der Waals surface area contributed by atoms with Crippen LogP contribution in [-0.2, 0) is 4.79 Å². The number of fused-ring (bicyclic) bond motifs is 2. The molecule has 2 atom stereocenters. The molecule has 5 rings (SSSR count). The molecule has 0 saturated heterocycles. The molecule has 0 amide bonds. The molecule has 0 spiro atoms. The maximum absolute atomic E-state index is 13.3. The van der Waals surface area contributed by atoms with Gasteiger partial charge in [-0.25, -0.2) is 4.68 Å². The van der Waals surface area contributed by atoms with Crippen LogP contribution < -0.4 is 5.32 Å². The molecule has 30 heavy (non-hydrogen) atoms. The molecule has 154 valence electrons. The van der Waals surface area contributed by atoms with Gasteiger partial charge in [-0.2, -0.15) is 5.10 Å². The molecule has 3 aromatic rings. The zero-order valence-electron chi connectivity index (χ0n) is 18.1. The monoisotopic (exact) mass is 401 g/mol. The first-order valence-corrected chi connectivity index (χ1v) is 10.5. The number of hydrogen-bond acceptors (Lipinski definition) is 4. The zero-order chi connectivity index (χ0) is 21.2. The fourth-order valence-corrected chi connectivity index (χ4v) is 4.91. The number of aromatic nitrogens is 2. The number of ketones is 1. The van der Waals surface area contributed by atoms with Crippen molar-refractivity contribution in [3.63, 3.8) is 0 Å². The Balaban J connectivity index is 1.75. The number of hydrogen-bond donors (Lipinski definition) is 1. The summed E-state index contributed by atoms with van der Waals surface area (Å²) in [6.07, 6.45) is 2.74. The molecule has 1 aliphatic heterocycles. The van der Waals surface area contributed by atoms with Crippen molar-refractivity contribution in [1.29, 1.82) is 0 Å². The minimum atomic E-state index is -0.273. The third-order valence-electron chi connectivity index (χ3n) is 6.22. The first kappa shape index (κ1) is 18.9. The highest BCUT2D eigenvalue weighted by Gasteiger charge is 2.47. The van der Waals surface area contributed by atoms with E-state index in [9.17, 15) is 4.79 Å². The molecular weight excluding hydrogens is 374 g/mol. The molecule has 5 nitrogen and oxygen atoms in total. The first-order valence-electron chi connectivity index (χ1n) is 10.5. The predicted molar refractivity (Wildman–Crippen MR) is 117 cm³/mol. The van der Waals surface area contributed by atoms with Crippen LogP contribution in [0.3, 0.4) is 0 Å². The van der Waals surface area contributed by atoms with Gasteiger partial charge in [0.1, 0.15) is 23.1 Å². The van der Waals surface area contributed by atoms with Crippen LogP contribution >= 0.6 is 0 Å². The minimum Gasteiger partial charge on any atom is -0.466 e. The molecule has 5 heteroatoms. The van der Waals surface area contributed by atoms with E-state index in [0.29, 0.717) is 6.42 Å². The normalized spacial score (nSPS) is 22.2. The lowest BCUT2D eigenvalue weighted by molar-refractivity contribution is -0.124. The van der Waals surface area contributed by atoms with Crippen molar-refractivity contribution in [3.05, 3.63) is 76.5 Å². The molecule has 0 fully saturated rings. The van der Waals surface area contributed by atoms with E-state index in [1.165, 1.54) is 5.56 Å². The number of nitrogens with zero attached hydrogens (tertiary/aromatic N) is 2. The summed E-state index contributed by atoms with van der Waals surface area (Å²) in [5.74, 6) is 2.39. The molecule has 1 aliphatic carbocycles. The summed E-state index contributed by atoms with van der Waals surface area (Å²) < 4.78 is 8.03. The summed E-state index contributed by atoms with van der Waals surface area (Å²) in [5.41, 5.74) is 4.92. The quantitative estimate of drug-likeness (QED) is 0.620. The van der Waals surface area contributed by atoms with E-state index in [1.807, 2.05) is 30.7 Å². The topological polar surface area (TPSA) is 60.1 Å². The molecule has 1 N–H and O–H groups in total. The van der Waals surface area contributed by atoms with Gasteiger partial charge in [-0.05, 0) is 50.5 Å². The van der Waals surface area contributed by atoms with Gasteiger partial charge in [0.25, 0.3) is 0 Å². The Hall–Kier alpha value is -3.08. The summed E-state index contributed by atoms with van der Waals surface area (Å²) in [5, 5.41) is 8.46. The number of anilines is 1. The fraction of sp³-hybridized carbons (Fsp3) is 0.360. The van der Waals surface area contributed by atoms with Crippen LogP contribution in [-0.4, -0.2) is 15.6 Å². The van der Waals surface area contributed by atoms with E-state index in [-0.39, 0.29) is 23.0 Å². The number of rotatable bonds is 2. The Labute approximate surface area is 176 Å². The SMILES string of the molecule is Cc1ccc(-n2nc(C)c3c2NC2=CC(C)(C)CC(=O)[C@H]2[C@@H]3c2ccc(C)o2)cc1. The number of allylic oxidation sites excluding steroid dienone is 2. The number of carbonyl (C=O) groups excluding carboxylic acids is 1. The highest BCUT2D eigenvalue weighted by atomic mass is 16.3. The maximum Gasteiger partial charge on any atom is 0.143 e. The highest BCUT2D eigenvalue weighted by molar-refractivity contribution is 5.90. The number of furan rings is 1. The standard InChI is InChI=1S/C25H27N3O2/c1-14-6-9-17(10-7-14)28-24-21(16(3)27-28)23(20-11-8-15(2)30-20)22-18(26-24)12-25(4,5)13-19(22)29/h6-12,22-23,26H,13H2,1-5H3/t22-,23+/m0/s1.